The third-order valence-corrected chi connectivity index (χ3v) is 3.51. The minimum Gasteiger partial charge on any atom is -0.492 e. The summed E-state index contributed by atoms with van der Waals surface area (Å²) in [4.78, 5) is 26.2. The molecule has 0 aromatic heterocycles. The highest BCUT2D eigenvalue weighted by molar-refractivity contribution is 6.84. The number of nitrogens with zero attached hydrogens (tertiary/aromatic N) is 3. The predicted molar refractivity (Wildman–Crippen MR) is 81.8 cm³/mol. The monoisotopic (exact) mass is 323 g/mol. The number of hydrogen-bond acceptors (Lipinski definition) is 4. The number of carbonyl (C=O) groups excluding carboxylic acids is 2. The lowest BCUT2D eigenvalue weighted by atomic mass is 10.00. The average Bonchev–Trinajstić information content (AvgIpc) is 2.39. The van der Waals surface area contributed by atoms with E-state index in [1.807, 2.05) is 19.6 Å². The first kappa shape index (κ1) is 17.0. The molecule has 0 fully saturated rings. The molecule has 1 rings (SSSR count). The van der Waals surface area contributed by atoms with Gasteiger partial charge in [-0.3, -0.25) is 9.59 Å². The lowest BCUT2D eigenvalue weighted by molar-refractivity contribution is -0.132. The van der Waals surface area contributed by atoms with Crippen LogP contribution in [0.3, 0.4) is 0 Å². The van der Waals surface area contributed by atoms with E-state index in [4.69, 9.17) is 21.9 Å². The molecule has 0 spiro atoms. The van der Waals surface area contributed by atoms with Crippen LogP contribution in [0.2, 0.25) is 19.6 Å². The van der Waals surface area contributed by atoms with Gasteiger partial charge >= 0.3 is 0 Å². The molecule has 0 radical (unpaired) electrons. The summed E-state index contributed by atoms with van der Waals surface area (Å²) in [6, 6.07) is 0. The molecule has 0 aromatic rings. The van der Waals surface area contributed by atoms with Gasteiger partial charge in [-0.05, 0) is 12.5 Å². The number of rotatable bonds is 3. The molecule has 0 saturated heterocycles. The molecule has 8 heteroatoms. The minimum absolute atomic E-state index is 0.0318. The Morgan fingerprint density at radius 1 is 1.33 bits per heavy atom. The second kappa shape index (κ2) is 6.63. The van der Waals surface area contributed by atoms with Crippen LogP contribution >= 0.6 is 11.6 Å². The molecular formula is C13H14ClN3O3Si. The number of allylic oxidation sites excluding steroid dienone is 3. The SMILES string of the molecule is CCOC1=C(N=[N+]=[N-])C(=O)C(=O)C(Cl)=C1C#C[Si](C)(C)C. The van der Waals surface area contributed by atoms with Gasteiger partial charge in [0, 0.05) is 4.91 Å². The van der Waals surface area contributed by atoms with Crippen molar-refractivity contribution in [2.75, 3.05) is 6.61 Å². The molecule has 21 heavy (non-hydrogen) atoms. The molecule has 0 aliphatic heterocycles. The quantitative estimate of drug-likeness (QED) is 0.152. The molecule has 0 aromatic carbocycles. The van der Waals surface area contributed by atoms with Crippen molar-refractivity contribution >= 4 is 31.2 Å². The second-order valence-corrected chi connectivity index (χ2v) is 10.3. The highest BCUT2D eigenvalue weighted by Crippen LogP contribution is 2.30. The Morgan fingerprint density at radius 3 is 2.43 bits per heavy atom. The van der Waals surface area contributed by atoms with Gasteiger partial charge in [0.25, 0.3) is 0 Å². The number of carbonyl (C=O) groups is 2. The van der Waals surface area contributed by atoms with Gasteiger partial charge in [0.2, 0.25) is 11.6 Å². The maximum absolute atomic E-state index is 11.8. The molecular weight excluding hydrogens is 310 g/mol. The van der Waals surface area contributed by atoms with Crippen LogP contribution in [-0.2, 0) is 14.3 Å². The zero-order chi connectivity index (χ0) is 16.2. The van der Waals surface area contributed by atoms with Gasteiger partial charge in [0.05, 0.1) is 12.2 Å². The first-order valence-corrected chi connectivity index (χ1v) is 10.0. The third-order valence-electron chi connectivity index (χ3n) is 2.28. The van der Waals surface area contributed by atoms with Crippen molar-refractivity contribution in [2.24, 2.45) is 5.11 Å². The van der Waals surface area contributed by atoms with Crippen molar-refractivity contribution in [3.63, 3.8) is 0 Å². The molecule has 0 bridgehead atoms. The molecule has 0 N–H and O–H groups in total. The van der Waals surface area contributed by atoms with Crippen LogP contribution in [0.25, 0.3) is 10.4 Å². The van der Waals surface area contributed by atoms with Crippen molar-refractivity contribution in [2.45, 2.75) is 26.6 Å². The van der Waals surface area contributed by atoms with E-state index in [1.165, 1.54) is 0 Å². The molecule has 0 amide bonds. The van der Waals surface area contributed by atoms with E-state index in [0.717, 1.165) is 0 Å². The Hall–Kier alpha value is -2.00. The smallest absolute Gasteiger partial charge is 0.246 e. The van der Waals surface area contributed by atoms with Crippen LogP contribution in [0, 0.1) is 11.5 Å². The van der Waals surface area contributed by atoms with E-state index < -0.39 is 25.3 Å². The van der Waals surface area contributed by atoms with Crippen LogP contribution in [0.15, 0.2) is 27.2 Å². The van der Waals surface area contributed by atoms with E-state index in [1.54, 1.807) is 6.92 Å². The zero-order valence-corrected chi connectivity index (χ0v) is 13.9. The fourth-order valence-corrected chi connectivity index (χ4v) is 2.14. The van der Waals surface area contributed by atoms with Crippen molar-refractivity contribution in [1.82, 2.24) is 0 Å². The summed E-state index contributed by atoms with van der Waals surface area (Å²) in [6.07, 6.45) is 0. The fourth-order valence-electron chi connectivity index (χ4n) is 1.42. The van der Waals surface area contributed by atoms with E-state index in [9.17, 15) is 9.59 Å². The molecule has 110 valence electrons. The summed E-state index contributed by atoms with van der Waals surface area (Å²) in [5.74, 6) is 0.845. The van der Waals surface area contributed by atoms with Gasteiger partial charge in [-0.25, -0.2) is 0 Å². The average molecular weight is 324 g/mol. The largest absolute Gasteiger partial charge is 0.492 e. The molecule has 1 aliphatic carbocycles. The Morgan fingerprint density at radius 2 is 1.95 bits per heavy atom. The summed E-state index contributed by atoms with van der Waals surface area (Å²) < 4.78 is 5.33. The van der Waals surface area contributed by atoms with E-state index in [-0.39, 0.29) is 23.0 Å². The second-order valence-electron chi connectivity index (χ2n) is 5.15. The van der Waals surface area contributed by atoms with Crippen molar-refractivity contribution < 1.29 is 14.3 Å². The zero-order valence-electron chi connectivity index (χ0n) is 12.2. The van der Waals surface area contributed by atoms with Crippen molar-refractivity contribution in [1.29, 1.82) is 0 Å². The van der Waals surface area contributed by atoms with Gasteiger partial charge in [-0.1, -0.05) is 42.3 Å². The molecule has 0 heterocycles. The maximum atomic E-state index is 11.8. The van der Waals surface area contributed by atoms with Crippen LogP contribution in [0.1, 0.15) is 6.92 Å². The highest BCUT2D eigenvalue weighted by Gasteiger charge is 2.34. The van der Waals surface area contributed by atoms with Crippen LogP contribution in [-0.4, -0.2) is 26.2 Å². The topological polar surface area (TPSA) is 92.1 Å². The Balaban J connectivity index is 3.60. The van der Waals surface area contributed by atoms with Crippen LogP contribution in [0.5, 0.6) is 0 Å². The van der Waals surface area contributed by atoms with Crippen molar-refractivity contribution in [3.05, 3.63) is 32.5 Å². The van der Waals surface area contributed by atoms with Gasteiger partial charge in [0.15, 0.2) is 0 Å². The Kier molecular flexibility index (Phi) is 5.39. The van der Waals surface area contributed by atoms with E-state index in [2.05, 4.69) is 21.5 Å². The summed E-state index contributed by atoms with van der Waals surface area (Å²) in [5, 5.41) is 2.96. The fraction of sp³-hybridized carbons (Fsp3) is 0.385. The van der Waals surface area contributed by atoms with Crippen LogP contribution in [0.4, 0.5) is 0 Å². The molecule has 6 nitrogen and oxygen atoms in total. The molecule has 1 aliphatic rings. The normalized spacial score (nSPS) is 15.5. The van der Waals surface area contributed by atoms with E-state index in [0.29, 0.717) is 0 Å². The third kappa shape index (κ3) is 3.98. The lowest BCUT2D eigenvalue weighted by Gasteiger charge is -2.17. The van der Waals surface area contributed by atoms with Gasteiger partial charge < -0.3 is 4.74 Å². The predicted octanol–water partition coefficient (Wildman–Crippen LogP) is 3.07. The lowest BCUT2D eigenvalue weighted by Crippen LogP contribution is -2.24. The number of ether oxygens (including phenoxy) is 1. The standard InChI is InChI=1S/C13H14ClN3O3Si/c1-5-20-13-8(6-7-21(2,3)4)9(14)11(18)12(19)10(13)16-17-15/h5H2,1-4H3. The van der Waals surface area contributed by atoms with Gasteiger partial charge in [-0.15, -0.1) is 5.54 Å². The van der Waals surface area contributed by atoms with Crippen molar-refractivity contribution in [3.8, 4) is 11.5 Å². The number of halogens is 1. The summed E-state index contributed by atoms with van der Waals surface area (Å²) in [6.45, 7) is 7.96. The maximum Gasteiger partial charge on any atom is 0.246 e. The number of azide groups is 1. The number of ketones is 2. The summed E-state index contributed by atoms with van der Waals surface area (Å²) in [7, 11) is -1.73. The molecule has 0 saturated carbocycles. The minimum atomic E-state index is -1.73. The Bertz CT molecular complexity index is 671. The highest BCUT2D eigenvalue weighted by atomic mass is 35.5. The molecule has 0 unspecified atom stereocenters. The van der Waals surface area contributed by atoms with Crippen LogP contribution < -0.4 is 0 Å². The summed E-state index contributed by atoms with van der Waals surface area (Å²) in [5.41, 5.74) is 11.3. The number of hydrogen-bond donors (Lipinski definition) is 0. The Labute approximate surface area is 128 Å². The first-order chi connectivity index (χ1) is 9.72. The number of Topliss-reactive ketones (excluding diaryl/α,β-unsaturated/α-hetero) is 2. The summed E-state index contributed by atoms with van der Waals surface area (Å²) >= 11 is 5.93. The van der Waals surface area contributed by atoms with E-state index >= 15 is 0 Å². The van der Waals surface area contributed by atoms with Gasteiger partial charge in [0.1, 0.15) is 24.6 Å². The first-order valence-electron chi connectivity index (χ1n) is 6.17. The van der Waals surface area contributed by atoms with Gasteiger partial charge in [-0.2, -0.15) is 0 Å². The molecule has 0 atom stereocenters.